The maximum Gasteiger partial charge on any atom is 0.165 e. The quantitative estimate of drug-likeness (QED) is 0.418. The van der Waals surface area contributed by atoms with Crippen molar-refractivity contribution in [2.45, 2.75) is 13.1 Å². The molecule has 0 atom stereocenters. The van der Waals surface area contributed by atoms with Crippen molar-refractivity contribution in [2.75, 3.05) is 12.8 Å². The normalized spacial score (nSPS) is 11.4. The van der Waals surface area contributed by atoms with E-state index < -0.39 is 0 Å². The number of rotatable bonds is 5. The molecule has 0 saturated heterocycles. The molecule has 5 rings (SSSR count). The summed E-state index contributed by atoms with van der Waals surface area (Å²) in [4.78, 5) is 16.2. The second-order valence-corrected chi connectivity index (χ2v) is 7.13. The van der Waals surface area contributed by atoms with Gasteiger partial charge in [0.15, 0.2) is 11.5 Å². The first-order chi connectivity index (χ1) is 14.7. The molecule has 0 aliphatic heterocycles. The number of aromatic nitrogens is 5. The van der Waals surface area contributed by atoms with E-state index in [2.05, 4.69) is 50.3 Å². The van der Waals surface area contributed by atoms with E-state index >= 15 is 0 Å². The first-order valence-corrected chi connectivity index (χ1v) is 9.56. The molecule has 5 N–H and O–H groups in total. The zero-order valence-electron chi connectivity index (χ0n) is 16.5. The maximum absolute atomic E-state index is 5.94. The van der Waals surface area contributed by atoms with E-state index in [1.54, 1.807) is 13.4 Å². The molecule has 8 nitrogen and oxygen atoms in total. The van der Waals surface area contributed by atoms with E-state index in [1.165, 1.54) is 6.33 Å². The highest BCUT2D eigenvalue weighted by molar-refractivity contribution is 5.89. The number of H-pyrrole nitrogens is 1. The summed E-state index contributed by atoms with van der Waals surface area (Å²) < 4.78 is 7.26. The molecule has 0 amide bonds. The minimum absolute atomic E-state index is 0.376. The molecule has 0 fully saturated rings. The minimum atomic E-state index is 0.376. The van der Waals surface area contributed by atoms with Crippen LogP contribution in [0.15, 0.2) is 55.1 Å². The standard InChI is InChI=1S/C22H21N7O/c1-30-18-4-2-13(3-5-18)14-6-15-8-17(9-23)28-19(15)16(7-14)10-29-12-27-20-21(24)25-11-26-22(20)29/h2-8,11-12,28H,9-10,23H2,1H3,(H2,24,25,26). The van der Waals surface area contributed by atoms with Crippen LogP contribution < -0.4 is 16.2 Å². The summed E-state index contributed by atoms with van der Waals surface area (Å²) in [6.45, 7) is 1.03. The SMILES string of the molecule is COc1ccc(-c2cc(Cn3cnc4c(N)ncnc43)c3[nH]c(CN)cc3c2)cc1. The molecular weight excluding hydrogens is 378 g/mol. The Hall–Kier alpha value is -3.91. The Balaban J connectivity index is 1.65. The van der Waals surface area contributed by atoms with Gasteiger partial charge in [-0.1, -0.05) is 12.1 Å². The van der Waals surface area contributed by atoms with Crippen molar-refractivity contribution in [1.29, 1.82) is 0 Å². The van der Waals surface area contributed by atoms with Crippen LogP contribution in [0.2, 0.25) is 0 Å². The van der Waals surface area contributed by atoms with Crippen LogP contribution >= 0.6 is 0 Å². The summed E-state index contributed by atoms with van der Waals surface area (Å²) in [6.07, 6.45) is 3.20. The van der Waals surface area contributed by atoms with Gasteiger partial charge in [0.1, 0.15) is 17.6 Å². The van der Waals surface area contributed by atoms with Crippen LogP contribution in [0.5, 0.6) is 5.75 Å². The minimum Gasteiger partial charge on any atom is -0.497 e. The summed E-state index contributed by atoms with van der Waals surface area (Å²) in [5.41, 5.74) is 18.5. The number of nitrogens with zero attached hydrogens (tertiary/aromatic N) is 4. The molecule has 3 heterocycles. The number of methoxy groups -OCH3 is 1. The number of nitrogens with one attached hydrogen (secondary N) is 1. The van der Waals surface area contributed by atoms with Crippen LogP contribution in [0.25, 0.3) is 33.2 Å². The molecule has 0 aliphatic rings. The number of anilines is 1. The molecule has 0 radical (unpaired) electrons. The zero-order chi connectivity index (χ0) is 20.7. The van der Waals surface area contributed by atoms with Gasteiger partial charge in [-0.3, -0.25) is 0 Å². The molecule has 0 spiro atoms. The van der Waals surface area contributed by atoms with Gasteiger partial charge >= 0.3 is 0 Å². The average Bonchev–Trinajstić information content (AvgIpc) is 3.39. The Bertz CT molecular complexity index is 1350. The summed E-state index contributed by atoms with van der Waals surface area (Å²) in [7, 11) is 1.67. The van der Waals surface area contributed by atoms with E-state index in [9.17, 15) is 0 Å². The number of nitrogen functional groups attached to an aromatic ring is 1. The number of imidazole rings is 1. The Kier molecular flexibility index (Phi) is 4.33. The summed E-state index contributed by atoms with van der Waals surface area (Å²) in [5.74, 6) is 1.20. The molecule has 0 saturated carbocycles. The predicted octanol–water partition coefficient (Wildman–Crippen LogP) is 3.07. The van der Waals surface area contributed by atoms with Crippen molar-refractivity contribution in [1.82, 2.24) is 24.5 Å². The fourth-order valence-electron chi connectivity index (χ4n) is 3.76. The van der Waals surface area contributed by atoms with Crippen LogP contribution in [0, 0.1) is 0 Å². The third kappa shape index (κ3) is 3.03. The van der Waals surface area contributed by atoms with Crippen molar-refractivity contribution in [3.05, 3.63) is 66.4 Å². The molecule has 0 aliphatic carbocycles. The van der Waals surface area contributed by atoms with Crippen molar-refractivity contribution in [2.24, 2.45) is 5.73 Å². The molecule has 30 heavy (non-hydrogen) atoms. The van der Waals surface area contributed by atoms with Crippen molar-refractivity contribution in [3.8, 4) is 16.9 Å². The molecule has 0 unspecified atom stereocenters. The Labute approximate surface area is 172 Å². The number of hydrogen-bond donors (Lipinski definition) is 3. The third-order valence-corrected chi connectivity index (χ3v) is 5.28. The van der Waals surface area contributed by atoms with E-state index in [-0.39, 0.29) is 0 Å². The monoisotopic (exact) mass is 399 g/mol. The first kappa shape index (κ1) is 18.1. The summed E-state index contributed by atoms with van der Waals surface area (Å²) >= 11 is 0. The summed E-state index contributed by atoms with van der Waals surface area (Å²) in [6, 6.07) is 14.5. The lowest BCUT2D eigenvalue weighted by atomic mass is 10.00. The predicted molar refractivity (Wildman–Crippen MR) is 117 cm³/mol. The molecule has 0 bridgehead atoms. The lowest BCUT2D eigenvalue weighted by molar-refractivity contribution is 0.415. The molecule has 3 aromatic heterocycles. The number of fused-ring (bicyclic) bond motifs is 2. The Morgan fingerprint density at radius 2 is 1.87 bits per heavy atom. The number of nitrogens with two attached hydrogens (primary N) is 2. The second-order valence-electron chi connectivity index (χ2n) is 7.13. The van der Waals surface area contributed by atoms with Gasteiger partial charge in [0, 0.05) is 17.6 Å². The van der Waals surface area contributed by atoms with Gasteiger partial charge in [-0.15, -0.1) is 0 Å². The third-order valence-electron chi connectivity index (χ3n) is 5.28. The topological polar surface area (TPSA) is 121 Å². The van der Waals surface area contributed by atoms with Gasteiger partial charge in [-0.05, 0) is 47.0 Å². The highest BCUT2D eigenvalue weighted by atomic mass is 16.5. The highest BCUT2D eigenvalue weighted by Crippen LogP contribution is 2.30. The van der Waals surface area contributed by atoms with Crippen molar-refractivity contribution < 1.29 is 4.74 Å². The molecular formula is C22H21N7O. The Morgan fingerprint density at radius 1 is 1.03 bits per heavy atom. The highest BCUT2D eigenvalue weighted by Gasteiger charge is 2.13. The maximum atomic E-state index is 5.94. The number of aromatic amines is 1. The van der Waals surface area contributed by atoms with Gasteiger partial charge in [0.05, 0.1) is 25.5 Å². The van der Waals surface area contributed by atoms with Crippen LogP contribution in [-0.2, 0) is 13.1 Å². The largest absolute Gasteiger partial charge is 0.497 e. The van der Waals surface area contributed by atoms with E-state index in [0.717, 1.165) is 39.0 Å². The fraction of sp³-hybridized carbons (Fsp3) is 0.136. The van der Waals surface area contributed by atoms with Gasteiger partial charge in [-0.2, -0.15) is 0 Å². The first-order valence-electron chi connectivity index (χ1n) is 9.56. The number of hydrogen-bond acceptors (Lipinski definition) is 6. The van der Waals surface area contributed by atoms with Gasteiger partial charge in [0.2, 0.25) is 0 Å². The van der Waals surface area contributed by atoms with Crippen molar-refractivity contribution >= 4 is 27.9 Å². The Morgan fingerprint density at radius 3 is 2.63 bits per heavy atom. The van der Waals surface area contributed by atoms with Crippen LogP contribution in [0.1, 0.15) is 11.3 Å². The van der Waals surface area contributed by atoms with E-state index in [1.807, 2.05) is 16.7 Å². The molecule has 2 aromatic carbocycles. The van der Waals surface area contributed by atoms with Gasteiger partial charge in [0.25, 0.3) is 0 Å². The van der Waals surface area contributed by atoms with Crippen LogP contribution in [0.4, 0.5) is 5.82 Å². The summed E-state index contributed by atoms with van der Waals surface area (Å²) in [5, 5.41) is 1.11. The molecule has 8 heteroatoms. The van der Waals surface area contributed by atoms with Crippen LogP contribution in [0.3, 0.4) is 0 Å². The van der Waals surface area contributed by atoms with Gasteiger partial charge in [-0.25, -0.2) is 15.0 Å². The zero-order valence-corrected chi connectivity index (χ0v) is 16.5. The van der Waals surface area contributed by atoms with E-state index in [4.69, 9.17) is 16.2 Å². The number of benzene rings is 2. The average molecular weight is 399 g/mol. The number of ether oxygens (including phenoxy) is 1. The lowest BCUT2D eigenvalue weighted by Crippen LogP contribution is -2.02. The van der Waals surface area contributed by atoms with E-state index in [0.29, 0.717) is 30.1 Å². The smallest absolute Gasteiger partial charge is 0.165 e. The second kappa shape index (κ2) is 7.16. The van der Waals surface area contributed by atoms with Crippen molar-refractivity contribution in [3.63, 3.8) is 0 Å². The van der Waals surface area contributed by atoms with Crippen LogP contribution in [-0.4, -0.2) is 31.6 Å². The fourth-order valence-corrected chi connectivity index (χ4v) is 3.76. The lowest BCUT2D eigenvalue weighted by Gasteiger charge is -2.10. The molecule has 150 valence electrons. The molecule has 5 aromatic rings. The van der Waals surface area contributed by atoms with Gasteiger partial charge < -0.3 is 25.8 Å².